The lowest BCUT2D eigenvalue weighted by Crippen LogP contribution is -2.41. The standard InChI is InChI=1S/C16H24O3/c1-5-14-16(4,19-15(2,3)18-14)12-17-11-13-9-7-6-8-10-13/h6-10,14H,5,11-12H2,1-4H3/t14-,16+/m1/s1. The average Bonchev–Trinajstić information content (AvgIpc) is 2.60. The van der Waals surface area contributed by atoms with Crippen LogP contribution in [0.25, 0.3) is 0 Å². The zero-order chi connectivity index (χ0) is 13.9. The maximum absolute atomic E-state index is 6.03. The summed E-state index contributed by atoms with van der Waals surface area (Å²) in [6.07, 6.45) is 1.01. The van der Waals surface area contributed by atoms with Crippen molar-refractivity contribution in [2.75, 3.05) is 6.61 Å². The van der Waals surface area contributed by atoms with Crippen molar-refractivity contribution in [3.8, 4) is 0 Å². The number of ether oxygens (including phenoxy) is 3. The van der Waals surface area contributed by atoms with E-state index >= 15 is 0 Å². The molecule has 2 atom stereocenters. The van der Waals surface area contributed by atoms with E-state index in [0.717, 1.165) is 6.42 Å². The van der Waals surface area contributed by atoms with E-state index in [1.807, 2.05) is 32.0 Å². The Morgan fingerprint density at radius 2 is 1.84 bits per heavy atom. The predicted octanol–water partition coefficient (Wildman–Crippen LogP) is 3.52. The first-order chi connectivity index (χ1) is 8.95. The van der Waals surface area contributed by atoms with Gasteiger partial charge in [0.15, 0.2) is 5.79 Å². The van der Waals surface area contributed by atoms with Crippen molar-refractivity contribution in [1.82, 2.24) is 0 Å². The lowest BCUT2D eigenvalue weighted by atomic mass is 9.98. The van der Waals surface area contributed by atoms with Gasteiger partial charge in [-0.2, -0.15) is 0 Å². The highest BCUT2D eigenvalue weighted by Gasteiger charge is 2.49. The smallest absolute Gasteiger partial charge is 0.164 e. The SMILES string of the molecule is CC[C@H]1OC(C)(C)O[C@@]1(C)COCc1ccccc1. The zero-order valence-corrected chi connectivity index (χ0v) is 12.3. The van der Waals surface area contributed by atoms with E-state index in [1.165, 1.54) is 5.56 Å². The number of benzene rings is 1. The van der Waals surface area contributed by atoms with Crippen LogP contribution >= 0.6 is 0 Å². The Balaban J connectivity index is 1.91. The van der Waals surface area contributed by atoms with Crippen molar-refractivity contribution in [2.45, 2.75) is 58.2 Å². The van der Waals surface area contributed by atoms with Crippen LogP contribution in [0.3, 0.4) is 0 Å². The third-order valence-corrected chi connectivity index (χ3v) is 3.46. The van der Waals surface area contributed by atoms with Crippen LogP contribution in [-0.4, -0.2) is 24.1 Å². The van der Waals surface area contributed by atoms with Crippen molar-refractivity contribution < 1.29 is 14.2 Å². The second-order valence-corrected chi connectivity index (χ2v) is 5.81. The summed E-state index contributed by atoms with van der Waals surface area (Å²) in [6.45, 7) is 9.25. The molecule has 1 aromatic rings. The van der Waals surface area contributed by atoms with Gasteiger partial charge in [0.2, 0.25) is 0 Å². The summed E-state index contributed by atoms with van der Waals surface area (Å²) in [5.41, 5.74) is 0.810. The molecule has 0 bridgehead atoms. The lowest BCUT2D eigenvalue weighted by molar-refractivity contribution is -0.170. The van der Waals surface area contributed by atoms with Crippen LogP contribution in [0.4, 0.5) is 0 Å². The number of rotatable bonds is 5. The fourth-order valence-electron chi connectivity index (χ4n) is 2.70. The molecule has 0 aromatic heterocycles. The molecule has 0 N–H and O–H groups in total. The fraction of sp³-hybridized carbons (Fsp3) is 0.625. The Kier molecular flexibility index (Phi) is 4.29. The Labute approximate surface area is 115 Å². The summed E-state index contributed by atoms with van der Waals surface area (Å²) in [5.74, 6) is -0.522. The zero-order valence-electron chi connectivity index (χ0n) is 12.3. The molecule has 3 heteroatoms. The van der Waals surface area contributed by atoms with Gasteiger partial charge in [-0.3, -0.25) is 0 Å². The van der Waals surface area contributed by atoms with E-state index in [-0.39, 0.29) is 11.7 Å². The predicted molar refractivity (Wildman–Crippen MR) is 74.8 cm³/mol. The van der Waals surface area contributed by atoms with Crippen LogP contribution in [0.1, 0.15) is 39.7 Å². The van der Waals surface area contributed by atoms with E-state index in [1.54, 1.807) is 0 Å². The van der Waals surface area contributed by atoms with Gasteiger partial charge in [0, 0.05) is 0 Å². The normalized spacial score (nSPS) is 29.6. The van der Waals surface area contributed by atoms with E-state index in [0.29, 0.717) is 13.2 Å². The third-order valence-electron chi connectivity index (χ3n) is 3.46. The molecule has 106 valence electrons. The van der Waals surface area contributed by atoms with Gasteiger partial charge >= 0.3 is 0 Å². The molecular formula is C16H24O3. The fourth-order valence-corrected chi connectivity index (χ4v) is 2.70. The van der Waals surface area contributed by atoms with Crippen LogP contribution in [0.15, 0.2) is 30.3 Å². The Bertz CT molecular complexity index is 402. The van der Waals surface area contributed by atoms with Crippen LogP contribution < -0.4 is 0 Å². The van der Waals surface area contributed by atoms with Gasteiger partial charge in [0.1, 0.15) is 5.60 Å². The molecule has 1 fully saturated rings. The summed E-state index contributed by atoms with van der Waals surface area (Å²) in [5, 5.41) is 0. The highest BCUT2D eigenvalue weighted by Crippen LogP contribution is 2.38. The van der Waals surface area contributed by atoms with Gasteiger partial charge in [-0.15, -0.1) is 0 Å². The molecule has 0 spiro atoms. The summed E-state index contributed by atoms with van der Waals surface area (Å²) < 4.78 is 17.8. The second-order valence-electron chi connectivity index (χ2n) is 5.81. The molecule has 1 aliphatic heterocycles. The van der Waals surface area contributed by atoms with E-state index < -0.39 is 5.79 Å². The van der Waals surface area contributed by atoms with Gasteiger partial charge in [-0.1, -0.05) is 37.3 Å². The summed E-state index contributed by atoms with van der Waals surface area (Å²) in [4.78, 5) is 0. The molecular weight excluding hydrogens is 240 g/mol. The molecule has 3 nitrogen and oxygen atoms in total. The molecule has 19 heavy (non-hydrogen) atoms. The molecule has 1 aliphatic rings. The Morgan fingerprint density at radius 1 is 1.16 bits per heavy atom. The molecule has 0 aliphatic carbocycles. The summed E-state index contributed by atoms with van der Waals surface area (Å²) >= 11 is 0. The highest BCUT2D eigenvalue weighted by atomic mass is 16.8. The van der Waals surface area contributed by atoms with E-state index in [9.17, 15) is 0 Å². The van der Waals surface area contributed by atoms with E-state index in [4.69, 9.17) is 14.2 Å². The minimum absolute atomic E-state index is 0.0817. The minimum Gasteiger partial charge on any atom is -0.374 e. The number of hydrogen-bond acceptors (Lipinski definition) is 3. The molecule has 1 saturated heterocycles. The van der Waals surface area contributed by atoms with Crippen molar-refractivity contribution in [3.05, 3.63) is 35.9 Å². The van der Waals surface area contributed by atoms with Crippen molar-refractivity contribution in [2.24, 2.45) is 0 Å². The first-order valence-electron chi connectivity index (χ1n) is 6.95. The van der Waals surface area contributed by atoms with Crippen LogP contribution in [0.2, 0.25) is 0 Å². The van der Waals surface area contributed by atoms with Gasteiger partial charge in [-0.25, -0.2) is 0 Å². The molecule has 1 aromatic carbocycles. The van der Waals surface area contributed by atoms with E-state index in [2.05, 4.69) is 26.0 Å². The first-order valence-corrected chi connectivity index (χ1v) is 6.95. The first kappa shape index (κ1) is 14.5. The molecule has 2 rings (SSSR count). The molecule has 0 unspecified atom stereocenters. The Morgan fingerprint density at radius 3 is 2.47 bits per heavy atom. The largest absolute Gasteiger partial charge is 0.374 e. The highest BCUT2D eigenvalue weighted by molar-refractivity contribution is 5.13. The quantitative estimate of drug-likeness (QED) is 0.814. The lowest BCUT2D eigenvalue weighted by Gasteiger charge is -2.28. The monoisotopic (exact) mass is 264 g/mol. The summed E-state index contributed by atoms with van der Waals surface area (Å²) in [6, 6.07) is 10.2. The Hall–Kier alpha value is -0.900. The summed E-state index contributed by atoms with van der Waals surface area (Å²) in [7, 11) is 0. The number of hydrogen-bond donors (Lipinski definition) is 0. The maximum atomic E-state index is 6.03. The van der Waals surface area contributed by atoms with Gasteiger partial charge in [0.25, 0.3) is 0 Å². The molecule has 0 saturated carbocycles. The van der Waals surface area contributed by atoms with Crippen molar-refractivity contribution in [1.29, 1.82) is 0 Å². The maximum Gasteiger partial charge on any atom is 0.164 e. The molecule has 0 radical (unpaired) electrons. The van der Waals surface area contributed by atoms with Gasteiger partial charge in [0.05, 0.1) is 19.3 Å². The minimum atomic E-state index is -0.522. The van der Waals surface area contributed by atoms with Crippen molar-refractivity contribution in [3.63, 3.8) is 0 Å². The molecule has 1 heterocycles. The van der Waals surface area contributed by atoms with Crippen molar-refractivity contribution >= 4 is 0 Å². The van der Waals surface area contributed by atoms with Crippen LogP contribution in [-0.2, 0) is 20.8 Å². The molecule has 0 amide bonds. The average molecular weight is 264 g/mol. The second kappa shape index (κ2) is 5.61. The van der Waals surface area contributed by atoms with Gasteiger partial charge in [-0.05, 0) is 32.8 Å². The topological polar surface area (TPSA) is 27.7 Å². The van der Waals surface area contributed by atoms with Crippen LogP contribution in [0.5, 0.6) is 0 Å². The van der Waals surface area contributed by atoms with Gasteiger partial charge < -0.3 is 14.2 Å². The van der Waals surface area contributed by atoms with Crippen LogP contribution in [0, 0.1) is 0 Å². The third kappa shape index (κ3) is 3.56.